The van der Waals surface area contributed by atoms with Crippen molar-refractivity contribution in [3.63, 3.8) is 0 Å². The van der Waals surface area contributed by atoms with Crippen molar-refractivity contribution in [2.24, 2.45) is 0 Å². The molecule has 0 saturated carbocycles. The molecule has 0 saturated heterocycles. The fraction of sp³-hybridized carbons (Fsp3) is 0.308. The molecule has 0 N–H and O–H groups in total. The average Bonchev–Trinajstić information content (AvgIpc) is 2.77. The normalized spacial score (nSPS) is 14.1. The van der Waals surface area contributed by atoms with Crippen LogP contribution in [-0.4, -0.2) is 11.7 Å². The van der Waals surface area contributed by atoms with Gasteiger partial charge in [-0.25, -0.2) is 0 Å². The van der Waals surface area contributed by atoms with Crippen molar-refractivity contribution in [3.8, 4) is 5.75 Å². The third kappa shape index (κ3) is 1.24. The highest BCUT2D eigenvalue weighted by Gasteiger charge is 2.14. The lowest BCUT2D eigenvalue weighted by atomic mass is 10.1. The molecule has 2 heterocycles. The van der Waals surface area contributed by atoms with Crippen LogP contribution in [0.25, 0.3) is 10.9 Å². The number of rotatable bonds is 1. The van der Waals surface area contributed by atoms with Crippen molar-refractivity contribution in [2.45, 2.75) is 19.4 Å². The first-order chi connectivity index (χ1) is 7.79. The first kappa shape index (κ1) is 9.46. The number of aryl methyl sites for hydroxylation is 2. The molecule has 0 spiro atoms. The molecule has 3 rings (SSSR count). The molecule has 1 aliphatic rings. The highest BCUT2D eigenvalue weighted by Crippen LogP contribution is 2.23. The maximum Gasteiger partial charge on any atom is 0.189 e. The second kappa shape index (κ2) is 3.37. The molecule has 0 amide bonds. The number of hydrogen-bond acceptors (Lipinski definition) is 2. The Labute approximate surface area is 93.3 Å². The SMILES string of the molecule is COc1ccc2c(c1)c(=O)cc1n2CCC1. The topological polar surface area (TPSA) is 31.2 Å². The van der Waals surface area contributed by atoms with Gasteiger partial charge in [-0.1, -0.05) is 0 Å². The number of aromatic nitrogens is 1. The van der Waals surface area contributed by atoms with E-state index >= 15 is 0 Å². The molecule has 0 unspecified atom stereocenters. The van der Waals surface area contributed by atoms with E-state index in [2.05, 4.69) is 4.57 Å². The van der Waals surface area contributed by atoms with Crippen LogP contribution < -0.4 is 10.2 Å². The molecule has 16 heavy (non-hydrogen) atoms. The van der Waals surface area contributed by atoms with Gasteiger partial charge in [0.05, 0.1) is 12.6 Å². The lowest BCUT2D eigenvalue weighted by Crippen LogP contribution is -2.09. The highest BCUT2D eigenvalue weighted by molar-refractivity contribution is 5.81. The van der Waals surface area contributed by atoms with Gasteiger partial charge in [0.15, 0.2) is 5.43 Å². The van der Waals surface area contributed by atoms with E-state index in [4.69, 9.17) is 4.74 Å². The summed E-state index contributed by atoms with van der Waals surface area (Å²) in [6.45, 7) is 1.01. The summed E-state index contributed by atoms with van der Waals surface area (Å²) in [6, 6.07) is 7.47. The van der Waals surface area contributed by atoms with E-state index in [0.717, 1.165) is 41.7 Å². The highest BCUT2D eigenvalue weighted by atomic mass is 16.5. The molecule has 2 aromatic rings. The summed E-state index contributed by atoms with van der Waals surface area (Å²) in [6.07, 6.45) is 2.14. The zero-order valence-corrected chi connectivity index (χ0v) is 9.19. The van der Waals surface area contributed by atoms with Crippen LogP contribution in [0.1, 0.15) is 12.1 Å². The summed E-state index contributed by atoms with van der Waals surface area (Å²) in [7, 11) is 1.62. The maximum absolute atomic E-state index is 11.9. The van der Waals surface area contributed by atoms with Crippen LogP contribution in [0.5, 0.6) is 5.75 Å². The van der Waals surface area contributed by atoms with Crippen LogP contribution in [0.15, 0.2) is 29.1 Å². The quantitative estimate of drug-likeness (QED) is 0.728. The van der Waals surface area contributed by atoms with Crippen molar-refractivity contribution >= 4 is 10.9 Å². The van der Waals surface area contributed by atoms with E-state index in [1.165, 1.54) is 0 Å². The monoisotopic (exact) mass is 215 g/mol. The van der Waals surface area contributed by atoms with Crippen molar-refractivity contribution in [1.82, 2.24) is 4.57 Å². The van der Waals surface area contributed by atoms with Crippen molar-refractivity contribution in [2.75, 3.05) is 7.11 Å². The van der Waals surface area contributed by atoms with Gasteiger partial charge in [-0.2, -0.15) is 0 Å². The summed E-state index contributed by atoms with van der Waals surface area (Å²) in [5, 5.41) is 0.755. The van der Waals surface area contributed by atoms with E-state index in [-0.39, 0.29) is 5.43 Å². The van der Waals surface area contributed by atoms with Crippen LogP contribution in [-0.2, 0) is 13.0 Å². The van der Waals surface area contributed by atoms with Crippen LogP contribution >= 0.6 is 0 Å². The zero-order chi connectivity index (χ0) is 11.1. The third-order valence-corrected chi connectivity index (χ3v) is 3.22. The summed E-state index contributed by atoms with van der Waals surface area (Å²) in [5.41, 5.74) is 2.28. The largest absolute Gasteiger partial charge is 0.497 e. The molecular formula is C13H13NO2. The first-order valence-electron chi connectivity index (χ1n) is 5.50. The molecule has 0 radical (unpaired) electrons. The van der Waals surface area contributed by atoms with Gasteiger partial charge in [0.1, 0.15) is 5.75 Å². The minimum Gasteiger partial charge on any atom is -0.497 e. The van der Waals surface area contributed by atoms with E-state index in [0.29, 0.717) is 0 Å². The molecule has 1 aromatic carbocycles. The Morgan fingerprint density at radius 2 is 2.19 bits per heavy atom. The standard InChI is InChI=1S/C13H13NO2/c1-16-10-4-5-12-11(8-10)13(15)7-9-3-2-6-14(9)12/h4-5,7-8H,2-3,6H2,1H3. The van der Waals surface area contributed by atoms with E-state index in [1.54, 1.807) is 13.2 Å². The average molecular weight is 215 g/mol. The summed E-state index contributed by atoms with van der Waals surface area (Å²) >= 11 is 0. The summed E-state index contributed by atoms with van der Waals surface area (Å²) in [4.78, 5) is 11.9. The predicted octanol–water partition coefficient (Wildman–Crippen LogP) is 1.96. The van der Waals surface area contributed by atoms with Crippen molar-refractivity contribution in [3.05, 3.63) is 40.2 Å². The molecule has 0 fully saturated rings. The van der Waals surface area contributed by atoms with Crippen LogP contribution in [0.3, 0.4) is 0 Å². The Bertz CT molecular complexity index is 613. The number of benzene rings is 1. The van der Waals surface area contributed by atoms with Gasteiger partial charge in [-0.05, 0) is 31.0 Å². The Balaban J connectivity index is 2.40. The molecular weight excluding hydrogens is 202 g/mol. The second-order valence-electron chi connectivity index (χ2n) is 4.14. The lowest BCUT2D eigenvalue weighted by molar-refractivity contribution is 0.415. The van der Waals surface area contributed by atoms with E-state index in [1.807, 2.05) is 18.2 Å². The molecule has 0 atom stereocenters. The minimum absolute atomic E-state index is 0.0991. The van der Waals surface area contributed by atoms with Gasteiger partial charge in [0.2, 0.25) is 0 Å². The zero-order valence-electron chi connectivity index (χ0n) is 9.19. The Kier molecular flexibility index (Phi) is 1.99. The van der Waals surface area contributed by atoms with Crippen LogP contribution in [0, 0.1) is 0 Å². The van der Waals surface area contributed by atoms with Crippen molar-refractivity contribution in [1.29, 1.82) is 0 Å². The number of methoxy groups -OCH3 is 1. The summed E-state index contributed by atoms with van der Waals surface area (Å²) in [5.74, 6) is 0.739. The minimum atomic E-state index is 0.0991. The summed E-state index contributed by atoms with van der Waals surface area (Å²) < 4.78 is 7.38. The maximum atomic E-state index is 11.9. The number of hydrogen-bond donors (Lipinski definition) is 0. The molecule has 3 heteroatoms. The van der Waals surface area contributed by atoms with Gasteiger partial charge in [-0.3, -0.25) is 4.79 Å². The Hall–Kier alpha value is -1.77. The number of ether oxygens (including phenoxy) is 1. The smallest absolute Gasteiger partial charge is 0.189 e. The number of nitrogens with zero attached hydrogens (tertiary/aromatic N) is 1. The second-order valence-corrected chi connectivity index (χ2v) is 4.14. The van der Waals surface area contributed by atoms with Gasteiger partial charge in [0, 0.05) is 23.7 Å². The van der Waals surface area contributed by atoms with Crippen molar-refractivity contribution < 1.29 is 4.74 Å². The molecule has 0 bridgehead atoms. The molecule has 0 aliphatic carbocycles. The fourth-order valence-corrected chi connectivity index (χ4v) is 2.43. The molecule has 3 nitrogen and oxygen atoms in total. The third-order valence-electron chi connectivity index (χ3n) is 3.22. The first-order valence-corrected chi connectivity index (χ1v) is 5.50. The van der Waals surface area contributed by atoms with Gasteiger partial charge >= 0.3 is 0 Å². The number of fused-ring (bicyclic) bond motifs is 3. The predicted molar refractivity (Wildman–Crippen MR) is 63.1 cm³/mol. The number of pyridine rings is 1. The van der Waals surface area contributed by atoms with Gasteiger partial charge < -0.3 is 9.30 Å². The lowest BCUT2D eigenvalue weighted by Gasteiger charge is -2.09. The molecule has 82 valence electrons. The Morgan fingerprint density at radius 1 is 1.31 bits per heavy atom. The Morgan fingerprint density at radius 3 is 3.00 bits per heavy atom. The molecule has 1 aromatic heterocycles. The molecule has 1 aliphatic heterocycles. The van der Waals surface area contributed by atoms with Crippen LogP contribution in [0.2, 0.25) is 0 Å². The van der Waals surface area contributed by atoms with E-state index in [9.17, 15) is 4.79 Å². The fourth-order valence-electron chi connectivity index (χ4n) is 2.43. The van der Waals surface area contributed by atoms with Crippen LogP contribution in [0.4, 0.5) is 0 Å². The van der Waals surface area contributed by atoms with E-state index < -0.39 is 0 Å². The van der Waals surface area contributed by atoms with Gasteiger partial charge in [0.25, 0.3) is 0 Å². The van der Waals surface area contributed by atoms with Gasteiger partial charge in [-0.15, -0.1) is 0 Å².